The maximum atomic E-state index is 5.98. The van der Waals surface area contributed by atoms with Gasteiger partial charge in [0, 0.05) is 38.2 Å². The third-order valence-electron chi connectivity index (χ3n) is 4.35. The number of nitrogens with zero attached hydrogens (tertiary/aromatic N) is 2. The van der Waals surface area contributed by atoms with Crippen molar-refractivity contribution in [1.82, 2.24) is 15.1 Å². The van der Waals surface area contributed by atoms with Gasteiger partial charge in [-0.1, -0.05) is 12.1 Å². The zero-order valence-electron chi connectivity index (χ0n) is 14.0. The number of nitrogens with one attached hydrogen (secondary N) is 1. The van der Waals surface area contributed by atoms with E-state index in [0.29, 0.717) is 13.2 Å². The maximum Gasteiger partial charge on any atom is 0.124 e. The molecule has 1 aromatic rings. The Bertz CT molecular complexity index is 527. The quantitative estimate of drug-likeness (QED) is 0.744. The molecule has 5 nitrogen and oxygen atoms in total. The first-order chi connectivity index (χ1) is 11.3. The predicted molar refractivity (Wildman–Crippen MR) is 91.0 cm³/mol. The van der Waals surface area contributed by atoms with Gasteiger partial charge in [0.15, 0.2) is 0 Å². The Morgan fingerprint density at radius 1 is 1.13 bits per heavy atom. The van der Waals surface area contributed by atoms with Gasteiger partial charge in [-0.05, 0) is 37.6 Å². The van der Waals surface area contributed by atoms with Gasteiger partial charge in [-0.15, -0.1) is 0 Å². The van der Waals surface area contributed by atoms with Crippen LogP contribution >= 0.6 is 0 Å². The first kappa shape index (κ1) is 16.1. The standard InChI is InChI=1S/C18H27N3O2/c1-22-10-11-23-18-12-16(13-20-7-2-3-8-20)4-5-17(18)14-21-9-6-19-15-21/h4-6,9,12,19H,2-3,7-8,10-11,13-15H2,1H3. The molecule has 1 N–H and O–H groups in total. The van der Waals surface area contributed by atoms with Crippen LogP contribution in [0.5, 0.6) is 5.75 Å². The highest BCUT2D eigenvalue weighted by Crippen LogP contribution is 2.24. The largest absolute Gasteiger partial charge is 0.491 e. The molecule has 5 heteroatoms. The highest BCUT2D eigenvalue weighted by Gasteiger charge is 2.14. The smallest absolute Gasteiger partial charge is 0.124 e. The van der Waals surface area contributed by atoms with Gasteiger partial charge < -0.3 is 19.7 Å². The minimum Gasteiger partial charge on any atom is -0.491 e. The van der Waals surface area contributed by atoms with Crippen molar-refractivity contribution in [2.45, 2.75) is 25.9 Å². The van der Waals surface area contributed by atoms with Crippen LogP contribution in [0.4, 0.5) is 0 Å². The van der Waals surface area contributed by atoms with E-state index >= 15 is 0 Å². The molecule has 0 unspecified atom stereocenters. The summed E-state index contributed by atoms with van der Waals surface area (Å²) < 4.78 is 11.1. The lowest BCUT2D eigenvalue weighted by Crippen LogP contribution is -2.21. The second kappa shape index (κ2) is 8.22. The second-order valence-electron chi connectivity index (χ2n) is 6.19. The first-order valence-electron chi connectivity index (χ1n) is 8.45. The molecule has 1 fully saturated rings. The summed E-state index contributed by atoms with van der Waals surface area (Å²) in [5.41, 5.74) is 2.55. The van der Waals surface area contributed by atoms with Gasteiger partial charge >= 0.3 is 0 Å². The average Bonchev–Trinajstić information content (AvgIpc) is 3.24. The van der Waals surface area contributed by atoms with E-state index < -0.39 is 0 Å². The van der Waals surface area contributed by atoms with Crippen LogP contribution in [-0.2, 0) is 17.8 Å². The Balaban J connectivity index is 1.69. The van der Waals surface area contributed by atoms with Crippen LogP contribution in [0.15, 0.2) is 30.6 Å². The molecule has 0 aliphatic carbocycles. The minimum absolute atomic E-state index is 0.588. The SMILES string of the molecule is COCCOc1cc(CN2CCCC2)ccc1CN1C=CNC1. The number of hydrogen-bond acceptors (Lipinski definition) is 5. The maximum absolute atomic E-state index is 5.98. The van der Waals surface area contributed by atoms with Crippen LogP contribution < -0.4 is 10.1 Å². The van der Waals surface area contributed by atoms with E-state index in [2.05, 4.69) is 39.5 Å². The van der Waals surface area contributed by atoms with E-state index in [1.165, 1.54) is 37.1 Å². The lowest BCUT2D eigenvalue weighted by molar-refractivity contribution is 0.145. The molecule has 0 spiro atoms. The van der Waals surface area contributed by atoms with Crippen LogP contribution in [0, 0.1) is 0 Å². The highest BCUT2D eigenvalue weighted by molar-refractivity contribution is 5.38. The summed E-state index contributed by atoms with van der Waals surface area (Å²) in [6.45, 7) is 6.36. The van der Waals surface area contributed by atoms with E-state index in [0.717, 1.165) is 25.5 Å². The number of ether oxygens (including phenoxy) is 2. The third kappa shape index (κ3) is 4.62. The summed E-state index contributed by atoms with van der Waals surface area (Å²) >= 11 is 0. The highest BCUT2D eigenvalue weighted by atomic mass is 16.5. The molecule has 3 rings (SSSR count). The zero-order chi connectivity index (χ0) is 15.9. The van der Waals surface area contributed by atoms with Crippen LogP contribution in [0.3, 0.4) is 0 Å². The third-order valence-corrected chi connectivity index (χ3v) is 4.35. The van der Waals surface area contributed by atoms with Crippen LogP contribution in [0.1, 0.15) is 24.0 Å². The van der Waals surface area contributed by atoms with E-state index in [9.17, 15) is 0 Å². The van der Waals surface area contributed by atoms with Crippen molar-refractivity contribution >= 4 is 0 Å². The van der Waals surface area contributed by atoms with Crippen molar-refractivity contribution in [3.05, 3.63) is 41.7 Å². The molecular weight excluding hydrogens is 290 g/mol. The molecule has 0 aromatic heterocycles. The monoisotopic (exact) mass is 317 g/mol. The Hall–Kier alpha value is -1.72. The Morgan fingerprint density at radius 3 is 2.74 bits per heavy atom. The molecule has 126 valence electrons. The lowest BCUT2D eigenvalue weighted by atomic mass is 10.1. The summed E-state index contributed by atoms with van der Waals surface area (Å²) in [4.78, 5) is 4.75. The molecule has 0 saturated carbocycles. The van der Waals surface area contributed by atoms with Gasteiger partial charge in [0.1, 0.15) is 12.4 Å². The molecule has 2 heterocycles. The van der Waals surface area contributed by atoms with Gasteiger partial charge in [-0.3, -0.25) is 4.90 Å². The Labute approximate surface area is 138 Å². The molecule has 1 aromatic carbocycles. The summed E-state index contributed by atoms with van der Waals surface area (Å²) in [5, 5.41) is 3.20. The molecule has 0 radical (unpaired) electrons. The predicted octanol–water partition coefficient (Wildman–Crippen LogP) is 2.14. The first-order valence-corrected chi connectivity index (χ1v) is 8.45. The molecule has 0 atom stereocenters. The van der Waals surface area contributed by atoms with Gasteiger partial charge in [-0.2, -0.15) is 0 Å². The van der Waals surface area contributed by atoms with Crippen molar-refractivity contribution in [3.8, 4) is 5.75 Å². The number of benzene rings is 1. The molecule has 2 aliphatic rings. The molecule has 0 bridgehead atoms. The molecule has 0 amide bonds. The van der Waals surface area contributed by atoms with Crippen molar-refractivity contribution in [3.63, 3.8) is 0 Å². The molecule has 2 aliphatic heterocycles. The van der Waals surface area contributed by atoms with Crippen molar-refractivity contribution in [2.24, 2.45) is 0 Å². The van der Waals surface area contributed by atoms with Gasteiger partial charge in [0.2, 0.25) is 0 Å². The molecule has 23 heavy (non-hydrogen) atoms. The number of methoxy groups -OCH3 is 1. The van der Waals surface area contributed by atoms with Gasteiger partial charge in [0.25, 0.3) is 0 Å². The Kier molecular flexibility index (Phi) is 5.77. The van der Waals surface area contributed by atoms with E-state index in [-0.39, 0.29) is 0 Å². The zero-order valence-corrected chi connectivity index (χ0v) is 14.0. The fourth-order valence-corrected chi connectivity index (χ4v) is 3.10. The Morgan fingerprint density at radius 2 is 2.00 bits per heavy atom. The number of likely N-dealkylation sites (tertiary alicyclic amines) is 1. The summed E-state index contributed by atoms with van der Waals surface area (Å²) in [6, 6.07) is 6.65. The van der Waals surface area contributed by atoms with E-state index in [1.807, 2.05) is 6.20 Å². The summed E-state index contributed by atoms with van der Waals surface area (Å²) in [5.74, 6) is 0.985. The van der Waals surface area contributed by atoms with Crippen molar-refractivity contribution < 1.29 is 9.47 Å². The van der Waals surface area contributed by atoms with Crippen LogP contribution in [0.25, 0.3) is 0 Å². The fourth-order valence-electron chi connectivity index (χ4n) is 3.10. The minimum atomic E-state index is 0.588. The van der Waals surface area contributed by atoms with Crippen molar-refractivity contribution in [2.75, 3.05) is 40.1 Å². The van der Waals surface area contributed by atoms with E-state index in [4.69, 9.17) is 9.47 Å². The summed E-state index contributed by atoms with van der Waals surface area (Å²) in [7, 11) is 1.70. The van der Waals surface area contributed by atoms with Gasteiger partial charge in [-0.25, -0.2) is 0 Å². The van der Waals surface area contributed by atoms with Crippen LogP contribution in [-0.4, -0.2) is 49.9 Å². The topological polar surface area (TPSA) is 37.0 Å². The van der Waals surface area contributed by atoms with Crippen molar-refractivity contribution in [1.29, 1.82) is 0 Å². The fraction of sp³-hybridized carbons (Fsp3) is 0.556. The normalized spacial score (nSPS) is 17.7. The number of rotatable bonds is 8. The van der Waals surface area contributed by atoms with Crippen LogP contribution in [0.2, 0.25) is 0 Å². The van der Waals surface area contributed by atoms with E-state index in [1.54, 1.807) is 7.11 Å². The van der Waals surface area contributed by atoms with Gasteiger partial charge in [0.05, 0.1) is 13.3 Å². The lowest BCUT2D eigenvalue weighted by Gasteiger charge is -2.20. The molecule has 1 saturated heterocycles. The molecular formula is C18H27N3O2. The average molecular weight is 317 g/mol. The number of hydrogen-bond donors (Lipinski definition) is 1. The summed E-state index contributed by atoms with van der Waals surface area (Å²) in [6.07, 6.45) is 6.71. The second-order valence-corrected chi connectivity index (χ2v) is 6.19.